The summed E-state index contributed by atoms with van der Waals surface area (Å²) in [7, 11) is 0. The van der Waals surface area contributed by atoms with Crippen molar-refractivity contribution in [3.05, 3.63) is 35.4 Å². The van der Waals surface area contributed by atoms with Gasteiger partial charge in [-0.2, -0.15) is 0 Å². The topological polar surface area (TPSA) is 37.3 Å². The van der Waals surface area contributed by atoms with Gasteiger partial charge in [-0.05, 0) is 29.4 Å². The molecule has 2 heteroatoms. The Balaban J connectivity index is 2.43. The minimum Gasteiger partial charge on any atom is -0.481 e. The molecule has 1 atom stereocenters. The number of hydrogen-bond acceptors (Lipinski definition) is 1. The van der Waals surface area contributed by atoms with Crippen LogP contribution in [0.5, 0.6) is 0 Å². The van der Waals surface area contributed by atoms with Crippen LogP contribution >= 0.6 is 0 Å². The lowest BCUT2D eigenvalue weighted by Crippen LogP contribution is -2.33. The van der Waals surface area contributed by atoms with Crippen LogP contribution in [0.15, 0.2) is 24.3 Å². The van der Waals surface area contributed by atoms with Gasteiger partial charge < -0.3 is 5.11 Å². The van der Waals surface area contributed by atoms with Gasteiger partial charge in [0, 0.05) is 0 Å². The van der Waals surface area contributed by atoms with Crippen molar-refractivity contribution in [1.29, 1.82) is 0 Å². The lowest BCUT2D eigenvalue weighted by atomic mass is 9.68. The molecule has 0 heterocycles. The number of carboxylic acids is 1. The maximum atomic E-state index is 11.1. The van der Waals surface area contributed by atoms with Gasteiger partial charge >= 0.3 is 5.97 Å². The first-order valence-corrected chi connectivity index (χ1v) is 5.32. The first-order chi connectivity index (χ1) is 7.00. The van der Waals surface area contributed by atoms with Gasteiger partial charge in [0.15, 0.2) is 0 Å². The molecule has 1 aliphatic carbocycles. The van der Waals surface area contributed by atoms with Crippen LogP contribution in [0.1, 0.15) is 31.4 Å². The van der Waals surface area contributed by atoms with Crippen molar-refractivity contribution >= 4 is 5.97 Å². The van der Waals surface area contributed by atoms with Gasteiger partial charge in [0.05, 0.1) is 5.92 Å². The molecule has 80 valence electrons. The first-order valence-electron chi connectivity index (χ1n) is 5.32. The zero-order valence-corrected chi connectivity index (χ0v) is 9.16. The SMILES string of the molecule is CC1(C)C[C@@H](C(=O)O)Cc2ccccc21. The summed E-state index contributed by atoms with van der Waals surface area (Å²) in [6, 6.07) is 8.18. The number of carboxylic acid groups (broad SMARTS) is 1. The van der Waals surface area contributed by atoms with Crippen molar-refractivity contribution in [2.75, 3.05) is 0 Å². The van der Waals surface area contributed by atoms with Crippen molar-refractivity contribution in [1.82, 2.24) is 0 Å². The fraction of sp³-hybridized carbons (Fsp3) is 0.462. The second-order valence-electron chi connectivity index (χ2n) is 4.98. The number of fused-ring (bicyclic) bond motifs is 1. The molecule has 0 bridgehead atoms. The monoisotopic (exact) mass is 204 g/mol. The molecule has 0 aliphatic heterocycles. The number of benzene rings is 1. The van der Waals surface area contributed by atoms with Crippen molar-refractivity contribution in [3.63, 3.8) is 0 Å². The van der Waals surface area contributed by atoms with Crippen LogP contribution in [-0.2, 0) is 16.6 Å². The maximum absolute atomic E-state index is 11.1. The van der Waals surface area contributed by atoms with Gasteiger partial charge in [0.25, 0.3) is 0 Å². The van der Waals surface area contributed by atoms with Crippen LogP contribution in [0.25, 0.3) is 0 Å². The fourth-order valence-corrected chi connectivity index (χ4v) is 2.60. The standard InChI is InChI=1S/C13H16O2/c1-13(2)8-10(12(14)15)7-9-5-3-4-6-11(9)13/h3-6,10H,7-8H2,1-2H3,(H,14,15)/t10-/m0/s1. The van der Waals surface area contributed by atoms with Crippen LogP contribution in [-0.4, -0.2) is 11.1 Å². The lowest BCUT2D eigenvalue weighted by molar-refractivity contribution is -0.142. The van der Waals surface area contributed by atoms with Gasteiger partial charge in [-0.1, -0.05) is 38.1 Å². The second kappa shape index (κ2) is 3.37. The van der Waals surface area contributed by atoms with E-state index in [1.165, 1.54) is 11.1 Å². The van der Waals surface area contributed by atoms with E-state index >= 15 is 0 Å². The van der Waals surface area contributed by atoms with Crippen LogP contribution in [0.2, 0.25) is 0 Å². The molecule has 15 heavy (non-hydrogen) atoms. The quantitative estimate of drug-likeness (QED) is 0.763. The molecule has 0 saturated heterocycles. The smallest absolute Gasteiger partial charge is 0.306 e. The molecule has 1 aromatic rings. The predicted octanol–water partition coefficient (Wildman–Crippen LogP) is 2.61. The summed E-state index contributed by atoms with van der Waals surface area (Å²) >= 11 is 0. The Labute approximate surface area is 89.9 Å². The molecular formula is C13H16O2. The van der Waals surface area contributed by atoms with Gasteiger partial charge in [0.1, 0.15) is 0 Å². The lowest BCUT2D eigenvalue weighted by Gasteiger charge is -2.35. The average molecular weight is 204 g/mol. The normalized spacial score (nSPS) is 23.2. The average Bonchev–Trinajstić information content (AvgIpc) is 2.16. The molecule has 1 N–H and O–H groups in total. The summed E-state index contributed by atoms with van der Waals surface area (Å²) in [4.78, 5) is 11.1. The summed E-state index contributed by atoms with van der Waals surface area (Å²) in [5.74, 6) is -0.896. The van der Waals surface area contributed by atoms with E-state index in [0.717, 1.165) is 6.42 Å². The van der Waals surface area contributed by atoms with Gasteiger partial charge in [-0.3, -0.25) is 4.79 Å². The minimum absolute atomic E-state index is 0.0160. The Kier molecular flexibility index (Phi) is 2.29. The van der Waals surface area contributed by atoms with Gasteiger partial charge in [-0.15, -0.1) is 0 Å². The molecular weight excluding hydrogens is 188 g/mol. The third kappa shape index (κ3) is 1.76. The Morgan fingerprint density at radius 3 is 2.73 bits per heavy atom. The van der Waals surface area contributed by atoms with Crippen molar-refractivity contribution in [3.8, 4) is 0 Å². The molecule has 0 fully saturated rings. The van der Waals surface area contributed by atoms with E-state index in [2.05, 4.69) is 19.9 Å². The Morgan fingerprint density at radius 2 is 2.07 bits per heavy atom. The van der Waals surface area contributed by atoms with Gasteiger partial charge in [-0.25, -0.2) is 0 Å². The second-order valence-corrected chi connectivity index (χ2v) is 4.98. The summed E-state index contributed by atoms with van der Waals surface area (Å²) in [5, 5.41) is 9.10. The number of aliphatic carboxylic acids is 1. The van der Waals surface area contributed by atoms with E-state index in [-0.39, 0.29) is 11.3 Å². The minimum atomic E-state index is -0.669. The summed E-state index contributed by atoms with van der Waals surface area (Å²) in [6.45, 7) is 4.25. The Hall–Kier alpha value is -1.31. The predicted molar refractivity (Wildman–Crippen MR) is 58.9 cm³/mol. The van der Waals surface area contributed by atoms with E-state index < -0.39 is 5.97 Å². The highest BCUT2D eigenvalue weighted by atomic mass is 16.4. The molecule has 0 unspecified atom stereocenters. The number of carbonyl (C=O) groups is 1. The van der Waals surface area contributed by atoms with E-state index in [4.69, 9.17) is 5.11 Å². The molecule has 2 rings (SSSR count). The molecule has 0 radical (unpaired) electrons. The van der Waals surface area contributed by atoms with Crippen molar-refractivity contribution in [2.24, 2.45) is 5.92 Å². The largest absolute Gasteiger partial charge is 0.481 e. The zero-order chi connectivity index (χ0) is 11.1. The third-order valence-electron chi connectivity index (χ3n) is 3.32. The number of hydrogen-bond donors (Lipinski definition) is 1. The molecule has 1 aromatic carbocycles. The molecule has 1 aliphatic rings. The van der Waals surface area contributed by atoms with Gasteiger partial charge in [0.2, 0.25) is 0 Å². The van der Waals surface area contributed by atoms with Crippen LogP contribution in [0.3, 0.4) is 0 Å². The number of rotatable bonds is 1. The van der Waals surface area contributed by atoms with Crippen LogP contribution < -0.4 is 0 Å². The summed E-state index contributed by atoms with van der Waals surface area (Å²) in [6.07, 6.45) is 1.41. The van der Waals surface area contributed by atoms with Crippen LogP contribution in [0, 0.1) is 5.92 Å². The highest BCUT2D eigenvalue weighted by Crippen LogP contribution is 2.39. The van der Waals surface area contributed by atoms with E-state index in [1.807, 2.05) is 18.2 Å². The molecule has 0 aromatic heterocycles. The molecule has 0 saturated carbocycles. The summed E-state index contributed by atoms with van der Waals surface area (Å²) in [5.41, 5.74) is 2.49. The highest BCUT2D eigenvalue weighted by Gasteiger charge is 2.35. The Bertz CT molecular complexity index is 393. The van der Waals surface area contributed by atoms with Crippen LogP contribution in [0.4, 0.5) is 0 Å². The highest BCUT2D eigenvalue weighted by molar-refractivity contribution is 5.71. The van der Waals surface area contributed by atoms with E-state index in [9.17, 15) is 4.79 Å². The van der Waals surface area contributed by atoms with E-state index in [0.29, 0.717) is 6.42 Å². The van der Waals surface area contributed by atoms with Crippen molar-refractivity contribution in [2.45, 2.75) is 32.1 Å². The Morgan fingerprint density at radius 1 is 1.40 bits per heavy atom. The summed E-state index contributed by atoms with van der Waals surface area (Å²) < 4.78 is 0. The van der Waals surface area contributed by atoms with E-state index in [1.54, 1.807) is 0 Å². The molecule has 2 nitrogen and oxygen atoms in total. The third-order valence-corrected chi connectivity index (χ3v) is 3.32. The molecule has 0 amide bonds. The molecule has 0 spiro atoms. The van der Waals surface area contributed by atoms with Crippen molar-refractivity contribution < 1.29 is 9.90 Å². The first kappa shape index (κ1) is 10.2. The zero-order valence-electron chi connectivity index (χ0n) is 9.16. The maximum Gasteiger partial charge on any atom is 0.306 e. The fourth-order valence-electron chi connectivity index (χ4n) is 2.60.